The monoisotopic (exact) mass is 567 g/mol. The van der Waals surface area contributed by atoms with Gasteiger partial charge < -0.3 is 31.0 Å². The van der Waals surface area contributed by atoms with Gasteiger partial charge in [0.15, 0.2) is 5.69 Å². The van der Waals surface area contributed by atoms with Crippen molar-refractivity contribution in [1.82, 2.24) is 9.69 Å². The molecule has 11 nitrogen and oxygen atoms in total. The molecule has 0 bridgehead atoms. The third kappa shape index (κ3) is 5.96. The standard InChI is InChI=1S/C28H33N5O6S/c1-4-39-18-11-9-16(10-12-18)24(27(35)31-17-7-5-6-8-17)33(20-14-13-19(37-2)15-21(20)38-3)28(36)25-22(29)23(26(30)34)32-40-25/h9-15,17,24H,4-8,29H2,1-3H3,(H2,30,34)(H,31,35). The third-order valence-electron chi connectivity index (χ3n) is 6.74. The van der Waals surface area contributed by atoms with Crippen LogP contribution in [0.4, 0.5) is 11.4 Å². The Hall–Kier alpha value is -4.32. The summed E-state index contributed by atoms with van der Waals surface area (Å²) in [6.45, 7) is 2.35. The number of benzene rings is 2. The molecule has 3 aromatic rings. The van der Waals surface area contributed by atoms with Crippen LogP contribution in [0.5, 0.6) is 17.2 Å². The molecular formula is C28H33N5O6S. The molecule has 12 heteroatoms. The number of ether oxygens (including phenoxy) is 3. The van der Waals surface area contributed by atoms with E-state index in [4.69, 9.17) is 25.7 Å². The molecule has 1 atom stereocenters. The first-order chi connectivity index (χ1) is 19.3. The van der Waals surface area contributed by atoms with Crippen LogP contribution in [0.3, 0.4) is 0 Å². The van der Waals surface area contributed by atoms with Gasteiger partial charge >= 0.3 is 0 Å². The van der Waals surface area contributed by atoms with E-state index >= 15 is 0 Å². The van der Waals surface area contributed by atoms with E-state index in [1.165, 1.54) is 19.1 Å². The summed E-state index contributed by atoms with van der Waals surface area (Å²) >= 11 is 0.739. The molecule has 0 spiro atoms. The number of hydrogen-bond donors (Lipinski definition) is 3. The largest absolute Gasteiger partial charge is 0.497 e. The molecule has 3 amide bonds. The van der Waals surface area contributed by atoms with Crippen LogP contribution >= 0.6 is 11.5 Å². The molecule has 1 aliphatic rings. The first-order valence-corrected chi connectivity index (χ1v) is 13.7. The van der Waals surface area contributed by atoms with Crippen LogP contribution in [0.1, 0.15) is 64.4 Å². The summed E-state index contributed by atoms with van der Waals surface area (Å²) in [5.74, 6) is -0.473. The van der Waals surface area contributed by atoms with Crippen molar-refractivity contribution in [2.45, 2.75) is 44.7 Å². The molecule has 5 N–H and O–H groups in total. The molecular weight excluding hydrogens is 534 g/mol. The van der Waals surface area contributed by atoms with Crippen LogP contribution in [-0.2, 0) is 4.79 Å². The first-order valence-electron chi connectivity index (χ1n) is 12.9. The van der Waals surface area contributed by atoms with E-state index < -0.39 is 17.9 Å². The summed E-state index contributed by atoms with van der Waals surface area (Å²) in [6, 6.07) is 10.7. The lowest BCUT2D eigenvalue weighted by atomic mass is 10.0. The number of methoxy groups -OCH3 is 2. The van der Waals surface area contributed by atoms with E-state index in [-0.39, 0.29) is 34.0 Å². The minimum absolute atomic E-state index is 0.0117. The molecule has 0 saturated heterocycles. The number of nitrogens with two attached hydrogens (primary N) is 2. The molecule has 40 heavy (non-hydrogen) atoms. The number of primary amides is 1. The van der Waals surface area contributed by atoms with Crippen LogP contribution in [0.15, 0.2) is 42.5 Å². The predicted octanol–water partition coefficient (Wildman–Crippen LogP) is 3.69. The zero-order chi connectivity index (χ0) is 28.8. The highest BCUT2D eigenvalue weighted by Crippen LogP contribution is 2.40. The molecule has 212 valence electrons. The molecule has 1 heterocycles. The SMILES string of the molecule is CCOc1ccc(C(C(=O)NC2CCCC2)N(C(=O)c2snc(C(N)=O)c2N)c2ccc(OC)cc2OC)cc1. The fourth-order valence-corrected chi connectivity index (χ4v) is 5.51. The average molecular weight is 568 g/mol. The predicted molar refractivity (Wildman–Crippen MR) is 152 cm³/mol. The van der Waals surface area contributed by atoms with Crippen molar-refractivity contribution in [2.24, 2.45) is 5.73 Å². The van der Waals surface area contributed by atoms with Crippen LogP contribution in [0, 0.1) is 0 Å². The van der Waals surface area contributed by atoms with E-state index in [0.717, 1.165) is 37.2 Å². The van der Waals surface area contributed by atoms with Gasteiger partial charge in [-0.25, -0.2) is 0 Å². The Morgan fingerprint density at radius 2 is 1.75 bits per heavy atom. The first kappa shape index (κ1) is 28.7. The lowest BCUT2D eigenvalue weighted by molar-refractivity contribution is -0.123. The van der Waals surface area contributed by atoms with E-state index in [9.17, 15) is 14.4 Å². The lowest BCUT2D eigenvalue weighted by Gasteiger charge is -2.33. The number of nitrogens with zero attached hydrogens (tertiary/aromatic N) is 2. The Balaban J connectivity index is 1.90. The van der Waals surface area contributed by atoms with Crippen molar-refractivity contribution in [1.29, 1.82) is 0 Å². The van der Waals surface area contributed by atoms with Gasteiger partial charge in [-0.15, -0.1) is 0 Å². The number of nitrogen functional groups attached to an aromatic ring is 1. The summed E-state index contributed by atoms with van der Waals surface area (Å²) in [7, 11) is 2.97. The highest BCUT2D eigenvalue weighted by Gasteiger charge is 2.38. The van der Waals surface area contributed by atoms with E-state index in [1.807, 2.05) is 6.92 Å². The van der Waals surface area contributed by atoms with Crippen molar-refractivity contribution in [2.75, 3.05) is 31.5 Å². The number of hydrogen-bond acceptors (Lipinski definition) is 9. The van der Waals surface area contributed by atoms with Gasteiger partial charge in [-0.3, -0.25) is 19.3 Å². The van der Waals surface area contributed by atoms with Gasteiger partial charge in [0.2, 0.25) is 5.91 Å². The second kappa shape index (κ2) is 12.7. The maximum absolute atomic E-state index is 14.3. The minimum atomic E-state index is -1.13. The van der Waals surface area contributed by atoms with Crippen molar-refractivity contribution in [3.8, 4) is 17.2 Å². The summed E-state index contributed by atoms with van der Waals surface area (Å²) in [4.78, 5) is 41.5. The molecule has 2 aromatic carbocycles. The molecule has 1 unspecified atom stereocenters. The average Bonchev–Trinajstić information content (AvgIpc) is 3.61. The molecule has 0 radical (unpaired) electrons. The number of carbonyl (C=O) groups excluding carboxylic acids is 3. The fourth-order valence-electron chi connectivity index (χ4n) is 4.77. The van der Waals surface area contributed by atoms with E-state index in [2.05, 4.69) is 9.69 Å². The van der Waals surface area contributed by atoms with Gasteiger partial charge in [0.05, 0.1) is 32.2 Å². The van der Waals surface area contributed by atoms with Crippen LogP contribution < -0.4 is 35.9 Å². The summed E-state index contributed by atoms with van der Waals surface area (Å²) in [5, 5.41) is 3.12. The Morgan fingerprint density at radius 3 is 2.33 bits per heavy atom. The van der Waals surface area contributed by atoms with Gasteiger partial charge in [-0.1, -0.05) is 25.0 Å². The second-order valence-corrected chi connectivity index (χ2v) is 10.0. The smallest absolute Gasteiger partial charge is 0.273 e. The van der Waals surface area contributed by atoms with Crippen molar-refractivity contribution in [3.05, 3.63) is 58.6 Å². The Morgan fingerprint density at radius 1 is 1.07 bits per heavy atom. The highest BCUT2D eigenvalue weighted by atomic mass is 32.1. The van der Waals surface area contributed by atoms with E-state index in [0.29, 0.717) is 29.4 Å². The van der Waals surface area contributed by atoms with Gasteiger partial charge in [0.25, 0.3) is 11.8 Å². The molecule has 4 rings (SSSR count). The Kier molecular flexibility index (Phi) is 9.10. The van der Waals surface area contributed by atoms with Crippen LogP contribution in [0.25, 0.3) is 0 Å². The number of rotatable bonds is 11. The maximum Gasteiger partial charge on any atom is 0.273 e. The molecule has 0 aliphatic heterocycles. The van der Waals surface area contributed by atoms with E-state index in [1.54, 1.807) is 42.5 Å². The van der Waals surface area contributed by atoms with Gasteiger partial charge in [0.1, 0.15) is 28.2 Å². The normalized spacial score (nSPS) is 13.9. The zero-order valence-corrected chi connectivity index (χ0v) is 23.5. The molecule has 1 fully saturated rings. The number of nitrogens with one attached hydrogen (secondary N) is 1. The topological polar surface area (TPSA) is 159 Å². The third-order valence-corrected chi connectivity index (χ3v) is 7.59. The molecule has 1 aromatic heterocycles. The number of anilines is 2. The highest BCUT2D eigenvalue weighted by molar-refractivity contribution is 7.09. The van der Waals surface area contributed by atoms with Gasteiger partial charge in [-0.05, 0) is 61.1 Å². The second-order valence-electron chi connectivity index (χ2n) is 9.25. The quantitative estimate of drug-likeness (QED) is 0.316. The van der Waals surface area contributed by atoms with Gasteiger partial charge in [0, 0.05) is 12.1 Å². The lowest BCUT2D eigenvalue weighted by Crippen LogP contribution is -2.46. The Labute approximate surface area is 236 Å². The van der Waals surface area contributed by atoms with Crippen molar-refractivity contribution < 1.29 is 28.6 Å². The maximum atomic E-state index is 14.3. The van der Waals surface area contributed by atoms with Crippen LogP contribution in [0.2, 0.25) is 0 Å². The van der Waals surface area contributed by atoms with Crippen molar-refractivity contribution >= 4 is 40.6 Å². The van der Waals surface area contributed by atoms with Crippen LogP contribution in [-0.4, -0.2) is 49.0 Å². The summed E-state index contributed by atoms with van der Waals surface area (Å²) in [5.41, 5.74) is 12.0. The number of amides is 3. The molecule has 1 saturated carbocycles. The molecule has 1 aliphatic carbocycles. The zero-order valence-electron chi connectivity index (χ0n) is 22.6. The van der Waals surface area contributed by atoms with Crippen molar-refractivity contribution in [3.63, 3.8) is 0 Å². The number of aromatic nitrogens is 1. The number of carbonyl (C=O) groups is 3. The van der Waals surface area contributed by atoms with Gasteiger partial charge in [-0.2, -0.15) is 4.37 Å². The summed E-state index contributed by atoms with van der Waals surface area (Å²) in [6.07, 6.45) is 3.73. The fraction of sp³-hybridized carbons (Fsp3) is 0.357. The minimum Gasteiger partial charge on any atom is -0.497 e. The Bertz CT molecular complexity index is 1370. The summed E-state index contributed by atoms with van der Waals surface area (Å²) < 4.78 is 20.6.